The first-order valence-corrected chi connectivity index (χ1v) is 5.88. The van der Waals surface area contributed by atoms with Crippen LogP contribution in [0.2, 0.25) is 0 Å². The van der Waals surface area contributed by atoms with Crippen molar-refractivity contribution in [2.45, 2.75) is 13.0 Å². The molecule has 0 amide bonds. The lowest BCUT2D eigenvalue weighted by molar-refractivity contribution is 0.0692. The van der Waals surface area contributed by atoms with E-state index in [2.05, 4.69) is 10.3 Å². The number of nitrogens with one attached hydrogen (secondary N) is 1. The first-order chi connectivity index (χ1) is 9.49. The summed E-state index contributed by atoms with van der Waals surface area (Å²) in [7, 11) is 0. The Kier molecular flexibility index (Phi) is 3.93. The van der Waals surface area contributed by atoms with Crippen LogP contribution < -0.4 is 5.32 Å². The molecule has 1 unspecified atom stereocenters. The number of anilines is 1. The number of carboxylic acid groups (broad SMARTS) is 1. The van der Waals surface area contributed by atoms with E-state index in [9.17, 15) is 13.6 Å². The van der Waals surface area contributed by atoms with E-state index in [0.717, 1.165) is 11.6 Å². The van der Waals surface area contributed by atoms with E-state index in [1.165, 1.54) is 0 Å². The largest absolute Gasteiger partial charge is 0.478 e. The minimum Gasteiger partial charge on any atom is -0.478 e. The number of pyridine rings is 1. The van der Waals surface area contributed by atoms with Crippen molar-refractivity contribution in [1.29, 1.82) is 0 Å². The molecule has 104 valence electrons. The molecule has 2 rings (SSSR count). The van der Waals surface area contributed by atoms with Crippen LogP contribution in [0.3, 0.4) is 0 Å². The van der Waals surface area contributed by atoms with Gasteiger partial charge in [-0.2, -0.15) is 0 Å². The summed E-state index contributed by atoms with van der Waals surface area (Å²) in [6.07, 6.45) is 3.19. The molecule has 1 aromatic heterocycles. The van der Waals surface area contributed by atoms with E-state index in [1.807, 2.05) is 0 Å². The Morgan fingerprint density at radius 1 is 1.25 bits per heavy atom. The van der Waals surface area contributed by atoms with Gasteiger partial charge in [0.15, 0.2) is 0 Å². The monoisotopic (exact) mass is 278 g/mol. The highest BCUT2D eigenvalue weighted by molar-refractivity contribution is 5.89. The molecule has 1 heterocycles. The number of carboxylic acids is 1. The Labute approximate surface area is 114 Å². The summed E-state index contributed by atoms with van der Waals surface area (Å²) >= 11 is 0. The third-order valence-corrected chi connectivity index (χ3v) is 2.87. The lowest BCUT2D eigenvalue weighted by Gasteiger charge is -2.16. The second-order valence-corrected chi connectivity index (χ2v) is 4.26. The molecule has 0 aliphatic heterocycles. The minimum absolute atomic E-state index is 0.0619. The van der Waals surface area contributed by atoms with Crippen molar-refractivity contribution in [3.63, 3.8) is 0 Å². The molecule has 20 heavy (non-hydrogen) atoms. The Morgan fingerprint density at radius 2 is 1.90 bits per heavy atom. The summed E-state index contributed by atoms with van der Waals surface area (Å²) in [5, 5.41) is 11.6. The van der Waals surface area contributed by atoms with Crippen LogP contribution in [-0.2, 0) is 0 Å². The van der Waals surface area contributed by atoms with Gasteiger partial charge >= 0.3 is 5.97 Å². The molecular formula is C14H12F2N2O2. The highest BCUT2D eigenvalue weighted by Crippen LogP contribution is 2.24. The van der Waals surface area contributed by atoms with Crippen molar-refractivity contribution in [2.75, 3.05) is 5.32 Å². The van der Waals surface area contributed by atoms with Crippen LogP contribution in [0, 0.1) is 11.6 Å². The van der Waals surface area contributed by atoms with Gasteiger partial charge in [-0.05, 0) is 30.7 Å². The molecule has 0 bridgehead atoms. The van der Waals surface area contributed by atoms with Crippen molar-refractivity contribution >= 4 is 11.7 Å². The van der Waals surface area contributed by atoms with Crippen LogP contribution in [0.4, 0.5) is 14.5 Å². The first-order valence-electron chi connectivity index (χ1n) is 5.88. The van der Waals surface area contributed by atoms with Gasteiger partial charge in [-0.1, -0.05) is 0 Å². The number of benzene rings is 1. The molecule has 0 radical (unpaired) electrons. The molecule has 1 aromatic carbocycles. The number of aromatic nitrogens is 1. The average molecular weight is 278 g/mol. The number of rotatable bonds is 4. The zero-order valence-electron chi connectivity index (χ0n) is 10.6. The van der Waals surface area contributed by atoms with Crippen LogP contribution in [0.15, 0.2) is 36.7 Å². The topological polar surface area (TPSA) is 62.2 Å². The molecule has 2 N–H and O–H groups in total. The summed E-state index contributed by atoms with van der Waals surface area (Å²) in [5.74, 6) is -3.38. The third-order valence-electron chi connectivity index (χ3n) is 2.87. The molecule has 1 atom stereocenters. The number of hydrogen-bond acceptors (Lipinski definition) is 3. The maximum atomic E-state index is 13.7. The smallest absolute Gasteiger partial charge is 0.338 e. The SMILES string of the molecule is CC(Nc1cc(C(=O)O)c(F)cc1F)c1ccncc1. The summed E-state index contributed by atoms with van der Waals surface area (Å²) < 4.78 is 26.9. The van der Waals surface area contributed by atoms with Crippen molar-refractivity contribution in [1.82, 2.24) is 4.98 Å². The molecule has 0 saturated carbocycles. The molecule has 6 heteroatoms. The Bertz CT molecular complexity index is 633. The Hall–Kier alpha value is -2.50. The Balaban J connectivity index is 2.29. The molecule has 2 aromatic rings. The number of hydrogen-bond donors (Lipinski definition) is 2. The lowest BCUT2D eigenvalue weighted by Crippen LogP contribution is -2.10. The minimum atomic E-state index is -1.44. The van der Waals surface area contributed by atoms with Gasteiger partial charge in [0.2, 0.25) is 0 Å². The predicted octanol–water partition coefficient (Wildman–Crippen LogP) is 3.23. The van der Waals surface area contributed by atoms with Crippen molar-refractivity contribution in [2.24, 2.45) is 0 Å². The maximum absolute atomic E-state index is 13.7. The number of halogens is 2. The van der Waals surface area contributed by atoms with Gasteiger partial charge in [-0.25, -0.2) is 13.6 Å². The number of carbonyl (C=O) groups is 1. The highest BCUT2D eigenvalue weighted by Gasteiger charge is 2.16. The lowest BCUT2D eigenvalue weighted by atomic mass is 10.1. The number of nitrogens with zero attached hydrogens (tertiary/aromatic N) is 1. The van der Waals surface area contributed by atoms with Crippen LogP contribution in [0.5, 0.6) is 0 Å². The molecule has 4 nitrogen and oxygen atoms in total. The van der Waals surface area contributed by atoms with E-state index >= 15 is 0 Å². The average Bonchev–Trinajstić information content (AvgIpc) is 2.42. The van der Waals surface area contributed by atoms with E-state index in [-0.39, 0.29) is 11.7 Å². The first kappa shape index (κ1) is 13.9. The second kappa shape index (κ2) is 5.64. The zero-order chi connectivity index (χ0) is 14.7. The zero-order valence-corrected chi connectivity index (χ0v) is 10.6. The van der Waals surface area contributed by atoms with Crippen LogP contribution in [0.1, 0.15) is 28.9 Å². The molecule has 0 spiro atoms. The van der Waals surface area contributed by atoms with Crippen LogP contribution in [-0.4, -0.2) is 16.1 Å². The molecule has 0 aliphatic carbocycles. The molecule has 0 saturated heterocycles. The summed E-state index contributed by atoms with van der Waals surface area (Å²) in [5.41, 5.74) is 0.213. The summed E-state index contributed by atoms with van der Waals surface area (Å²) in [6.45, 7) is 1.78. The van der Waals surface area contributed by atoms with Crippen LogP contribution >= 0.6 is 0 Å². The van der Waals surface area contributed by atoms with E-state index in [4.69, 9.17) is 5.11 Å². The normalized spacial score (nSPS) is 11.9. The van der Waals surface area contributed by atoms with Crippen molar-refractivity contribution in [3.05, 3.63) is 59.4 Å². The van der Waals surface area contributed by atoms with Gasteiger partial charge in [0, 0.05) is 24.5 Å². The molecular weight excluding hydrogens is 266 g/mol. The summed E-state index contributed by atoms with van der Waals surface area (Å²) in [4.78, 5) is 14.7. The number of aromatic carboxylic acids is 1. The highest BCUT2D eigenvalue weighted by atomic mass is 19.1. The third kappa shape index (κ3) is 2.90. The van der Waals surface area contributed by atoms with Crippen molar-refractivity contribution < 1.29 is 18.7 Å². The van der Waals surface area contributed by atoms with Gasteiger partial charge in [0.1, 0.15) is 11.6 Å². The van der Waals surface area contributed by atoms with E-state index in [0.29, 0.717) is 6.07 Å². The fourth-order valence-electron chi connectivity index (χ4n) is 1.79. The summed E-state index contributed by atoms with van der Waals surface area (Å²) in [6, 6.07) is 4.73. The van der Waals surface area contributed by atoms with Crippen LogP contribution in [0.25, 0.3) is 0 Å². The maximum Gasteiger partial charge on any atom is 0.338 e. The fourth-order valence-corrected chi connectivity index (χ4v) is 1.79. The van der Waals surface area contributed by atoms with Gasteiger partial charge in [0.05, 0.1) is 11.3 Å². The molecule has 0 fully saturated rings. The predicted molar refractivity (Wildman–Crippen MR) is 69.6 cm³/mol. The van der Waals surface area contributed by atoms with E-state index < -0.39 is 23.2 Å². The van der Waals surface area contributed by atoms with E-state index in [1.54, 1.807) is 31.5 Å². The quantitative estimate of drug-likeness (QED) is 0.901. The van der Waals surface area contributed by atoms with Gasteiger partial charge in [0.25, 0.3) is 0 Å². The van der Waals surface area contributed by atoms with Gasteiger partial charge < -0.3 is 10.4 Å². The Morgan fingerprint density at radius 3 is 2.50 bits per heavy atom. The van der Waals surface area contributed by atoms with Crippen molar-refractivity contribution in [3.8, 4) is 0 Å². The van der Waals surface area contributed by atoms with Gasteiger partial charge in [-0.15, -0.1) is 0 Å². The fraction of sp³-hybridized carbons (Fsp3) is 0.143. The molecule has 0 aliphatic rings. The standard InChI is InChI=1S/C14H12F2N2O2/c1-8(9-2-4-17-5-3-9)18-13-6-10(14(19)20)11(15)7-12(13)16/h2-8,18H,1H3,(H,19,20). The second-order valence-electron chi connectivity index (χ2n) is 4.26. The van der Waals surface area contributed by atoms with Gasteiger partial charge in [-0.3, -0.25) is 4.98 Å².